The van der Waals surface area contributed by atoms with Crippen molar-refractivity contribution >= 4 is 45.2 Å². The number of nitrogens with zero attached hydrogens (tertiary/aromatic N) is 1. The van der Waals surface area contributed by atoms with Gasteiger partial charge in [-0.15, -0.1) is 0 Å². The van der Waals surface area contributed by atoms with E-state index in [0.29, 0.717) is 0 Å². The third-order valence-corrected chi connectivity index (χ3v) is 3.60. The van der Waals surface area contributed by atoms with E-state index in [9.17, 15) is 0 Å². The Bertz CT molecular complexity index is 187. The number of halogens is 2. The molecule has 1 N–H and O–H groups in total. The quantitative estimate of drug-likeness (QED) is 0.775. The lowest BCUT2D eigenvalue weighted by atomic mass is 10.5. The molecule has 0 fully saturated rings. The number of aromatic amines is 1. The number of hydrogen-bond acceptors (Lipinski definition) is 1. The minimum absolute atomic E-state index is 0.985. The van der Waals surface area contributed by atoms with Gasteiger partial charge in [0.05, 0.1) is 0 Å². The molecule has 1 rings (SSSR count). The van der Waals surface area contributed by atoms with Gasteiger partial charge in [0.25, 0.3) is 0 Å². The second-order valence-corrected chi connectivity index (χ2v) is 3.74. The van der Waals surface area contributed by atoms with E-state index >= 15 is 0 Å². The highest BCUT2D eigenvalue weighted by Crippen LogP contribution is 2.11. The molecule has 0 aromatic carbocycles. The minimum atomic E-state index is 0.985. The van der Waals surface area contributed by atoms with E-state index < -0.39 is 0 Å². The zero-order valence-corrected chi connectivity index (χ0v) is 9.23. The average molecular weight is 348 g/mol. The fourth-order valence-electron chi connectivity index (χ4n) is 0.541. The maximum Gasteiger partial charge on any atom is 0.133 e. The molecule has 0 aliphatic heterocycles. The highest BCUT2D eigenvalue weighted by atomic mass is 127. The number of aromatic nitrogens is 2. The molecule has 0 spiro atoms. The van der Waals surface area contributed by atoms with E-state index in [1.807, 2.05) is 0 Å². The highest BCUT2D eigenvalue weighted by Gasteiger charge is 2.00. The molecule has 2 nitrogen and oxygen atoms in total. The molecule has 9 heavy (non-hydrogen) atoms. The van der Waals surface area contributed by atoms with Crippen LogP contribution in [0.25, 0.3) is 0 Å². The number of rotatable bonds is 1. The summed E-state index contributed by atoms with van der Waals surface area (Å²) in [7, 11) is 0. The first-order valence-electron chi connectivity index (χ1n) is 2.64. The van der Waals surface area contributed by atoms with Crippen molar-refractivity contribution in [2.75, 3.05) is 0 Å². The first-order valence-corrected chi connectivity index (χ1v) is 4.79. The molecule has 0 saturated heterocycles. The van der Waals surface area contributed by atoms with Crippen LogP contribution in [-0.4, -0.2) is 9.97 Å². The van der Waals surface area contributed by atoms with E-state index in [1.54, 1.807) is 0 Å². The molecular weight excluding hydrogens is 342 g/mol. The summed E-state index contributed by atoms with van der Waals surface area (Å²) in [5, 5.41) is 0. The largest absolute Gasteiger partial charge is 0.337 e. The molecule has 0 aliphatic rings. The molecule has 0 bridgehead atoms. The lowest BCUT2D eigenvalue weighted by Gasteiger charge is -1.80. The van der Waals surface area contributed by atoms with Crippen LogP contribution in [0.1, 0.15) is 12.7 Å². The maximum absolute atomic E-state index is 4.25. The van der Waals surface area contributed by atoms with Crippen molar-refractivity contribution in [1.29, 1.82) is 0 Å². The molecule has 1 aromatic rings. The highest BCUT2D eigenvalue weighted by molar-refractivity contribution is 14.1. The summed E-state index contributed by atoms with van der Waals surface area (Å²) < 4.78 is 2.22. The summed E-state index contributed by atoms with van der Waals surface area (Å²) in [5.74, 6) is 1.07. The van der Waals surface area contributed by atoms with Crippen LogP contribution in [0.4, 0.5) is 0 Å². The predicted molar refractivity (Wildman–Crippen MR) is 53.4 cm³/mol. The Morgan fingerprint density at radius 2 is 2.22 bits per heavy atom. The van der Waals surface area contributed by atoms with Crippen LogP contribution in [-0.2, 0) is 6.42 Å². The summed E-state index contributed by atoms with van der Waals surface area (Å²) >= 11 is 4.46. The number of H-pyrrole nitrogens is 1. The monoisotopic (exact) mass is 348 g/mol. The molecule has 0 unspecified atom stereocenters. The van der Waals surface area contributed by atoms with Crippen LogP contribution < -0.4 is 0 Å². The van der Waals surface area contributed by atoms with Crippen LogP contribution in [0, 0.1) is 7.40 Å². The van der Waals surface area contributed by atoms with Crippen molar-refractivity contribution < 1.29 is 0 Å². The lowest BCUT2D eigenvalue weighted by molar-refractivity contribution is 0.982. The fraction of sp³-hybridized carbons (Fsp3) is 0.400. The van der Waals surface area contributed by atoms with Crippen LogP contribution in [0.3, 0.4) is 0 Å². The Kier molecular flexibility index (Phi) is 2.74. The van der Waals surface area contributed by atoms with Crippen molar-refractivity contribution in [3.63, 3.8) is 0 Å². The molecule has 0 atom stereocenters. The van der Waals surface area contributed by atoms with Crippen molar-refractivity contribution in [2.45, 2.75) is 13.3 Å². The van der Waals surface area contributed by atoms with Gasteiger partial charge in [-0.3, -0.25) is 0 Å². The smallest absolute Gasteiger partial charge is 0.133 e. The van der Waals surface area contributed by atoms with Gasteiger partial charge in [-0.25, -0.2) is 4.98 Å². The number of imidazole rings is 1. The Morgan fingerprint density at radius 3 is 2.44 bits per heavy atom. The maximum atomic E-state index is 4.25. The molecular formula is C5H6I2N2. The van der Waals surface area contributed by atoms with Gasteiger partial charge in [0, 0.05) is 6.42 Å². The van der Waals surface area contributed by atoms with E-state index in [4.69, 9.17) is 0 Å². The van der Waals surface area contributed by atoms with Gasteiger partial charge in [0.2, 0.25) is 0 Å². The average Bonchev–Trinajstić information content (AvgIpc) is 2.13. The summed E-state index contributed by atoms with van der Waals surface area (Å²) in [5.41, 5.74) is 0. The van der Waals surface area contributed by atoms with Gasteiger partial charge < -0.3 is 4.98 Å². The second kappa shape index (κ2) is 3.18. The van der Waals surface area contributed by atoms with Gasteiger partial charge in [-0.05, 0) is 45.2 Å². The summed E-state index contributed by atoms with van der Waals surface area (Å²) in [6.45, 7) is 2.09. The van der Waals surface area contributed by atoms with E-state index in [0.717, 1.165) is 19.6 Å². The molecule has 0 radical (unpaired) electrons. The molecule has 4 heteroatoms. The van der Waals surface area contributed by atoms with Gasteiger partial charge in [-0.1, -0.05) is 6.92 Å². The predicted octanol–water partition coefficient (Wildman–Crippen LogP) is 2.18. The van der Waals surface area contributed by atoms with E-state index in [-0.39, 0.29) is 0 Å². The topological polar surface area (TPSA) is 28.7 Å². The molecule has 0 amide bonds. The third-order valence-electron chi connectivity index (χ3n) is 1.00. The van der Waals surface area contributed by atoms with Gasteiger partial charge in [-0.2, -0.15) is 0 Å². The van der Waals surface area contributed by atoms with Crippen molar-refractivity contribution in [3.8, 4) is 0 Å². The SMILES string of the molecule is CCc1nc(I)c(I)[nH]1. The molecule has 50 valence electrons. The molecule has 0 aliphatic carbocycles. The third kappa shape index (κ3) is 1.79. The molecule has 1 heterocycles. The minimum Gasteiger partial charge on any atom is -0.337 e. The second-order valence-electron chi connectivity index (χ2n) is 1.64. The first kappa shape index (κ1) is 7.77. The Labute approximate surface area is 81.1 Å². The summed E-state index contributed by atoms with van der Waals surface area (Å²) in [4.78, 5) is 7.41. The first-order chi connectivity index (χ1) is 4.24. The van der Waals surface area contributed by atoms with Crippen LogP contribution in [0.2, 0.25) is 0 Å². The number of nitrogens with one attached hydrogen (secondary N) is 1. The fourth-order valence-corrected chi connectivity index (χ4v) is 1.40. The van der Waals surface area contributed by atoms with Crippen LogP contribution >= 0.6 is 45.2 Å². The van der Waals surface area contributed by atoms with E-state index in [1.165, 1.54) is 0 Å². The number of hydrogen-bond donors (Lipinski definition) is 1. The van der Waals surface area contributed by atoms with E-state index in [2.05, 4.69) is 62.1 Å². The lowest BCUT2D eigenvalue weighted by Crippen LogP contribution is -1.80. The van der Waals surface area contributed by atoms with Crippen molar-refractivity contribution in [2.24, 2.45) is 0 Å². The zero-order valence-electron chi connectivity index (χ0n) is 4.91. The number of aryl methyl sites for hydroxylation is 1. The van der Waals surface area contributed by atoms with Crippen LogP contribution in [0.15, 0.2) is 0 Å². The Morgan fingerprint density at radius 1 is 1.56 bits per heavy atom. The van der Waals surface area contributed by atoms with Crippen LogP contribution in [0.5, 0.6) is 0 Å². The summed E-state index contributed by atoms with van der Waals surface area (Å²) in [6, 6.07) is 0. The normalized spacial score (nSPS) is 10.1. The molecule has 0 saturated carbocycles. The standard InChI is InChI=1S/C5H6I2N2/c1-2-3-8-4(6)5(7)9-3/h2H2,1H3,(H,8,9). The van der Waals surface area contributed by atoms with Crippen molar-refractivity contribution in [1.82, 2.24) is 9.97 Å². The van der Waals surface area contributed by atoms with Gasteiger partial charge in [0.1, 0.15) is 13.2 Å². The Hall–Kier alpha value is 0.670. The molecule has 1 aromatic heterocycles. The van der Waals surface area contributed by atoms with Gasteiger partial charge >= 0.3 is 0 Å². The van der Waals surface area contributed by atoms with Gasteiger partial charge in [0.15, 0.2) is 0 Å². The zero-order chi connectivity index (χ0) is 6.85. The van der Waals surface area contributed by atoms with Crippen molar-refractivity contribution in [3.05, 3.63) is 13.2 Å². The summed E-state index contributed by atoms with van der Waals surface area (Å²) in [6.07, 6.45) is 0.985. The Balaban J connectivity index is 2.98.